The molecule has 1 atom stereocenters. The SMILES string of the molecule is c1cnc(N2CCC[C@@H]2c2cccc(Nc3nccs3)n2)nc1. The van der Waals surface area contributed by atoms with Crippen molar-refractivity contribution in [3.05, 3.63) is 53.9 Å². The first-order valence-corrected chi connectivity index (χ1v) is 8.45. The van der Waals surface area contributed by atoms with E-state index < -0.39 is 0 Å². The minimum absolute atomic E-state index is 0.218. The number of nitrogens with zero attached hydrogens (tertiary/aromatic N) is 5. The molecule has 0 amide bonds. The fourth-order valence-corrected chi connectivity index (χ4v) is 3.39. The Bertz CT molecular complexity index is 761. The third-order valence-electron chi connectivity index (χ3n) is 3.84. The van der Waals surface area contributed by atoms with E-state index in [1.165, 1.54) is 0 Å². The molecule has 1 saturated heterocycles. The molecule has 0 spiro atoms. The summed E-state index contributed by atoms with van der Waals surface area (Å²) in [5, 5.41) is 6.04. The number of nitrogens with one attached hydrogen (secondary N) is 1. The van der Waals surface area contributed by atoms with E-state index in [2.05, 4.69) is 31.2 Å². The van der Waals surface area contributed by atoms with Crippen LogP contribution < -0.4 is 10.2 Å². The van der Waals surface area contributed by atoms with Crippen LogP contribution in [0.5, 0.6) is 0 Å². The number of anilines is 3. The van der Waals surface area contributed by atoms with Gasteiger partial charge in [0.05, 0.1) is 11.7 Å². The van der Waals surface area contributed by atoms with Crippen molar-refractivity contribution in [2.45, 2.75) is 18.9 Å². The molecule has 0 unspecified atom stereocenters. The van der Waals surface area contributed by atoms with E-state index in [0.29, 0.717) is 0 Å². The Kier molecular flexibility index (Phi) is 3.85. The maximum atomic E-state index is 4.76. The van der Waals surface area contributed by atoms with Crippen molar-refractivity contribution < 1.29 is 0 Å². The number of pyridine rings is 1. The molecule has 116 valence electrons. The van der Waals surface area contributed by atoms with Crippen molar-refractivity contribution in [3.8, 4) is 0 Å². The summed E-state index contributed by atoms with van der Waals surface area (Å²) in [5.41, 5.74) is 1.04. The summed E-state index contributed by atoms with van der Waals surface area (Å²) >= 11 is 1.56. The van der Waals surface area contributed by atoms with Gasteiger partial charge < -0.3 is 10.2 Å². The summed E-state index contributed by atoms with van der Waals surface area (Å²) in [5.74, 6) is 1.59. The van der Waals surface area contributed by atoms with Gasteiger partial charge in [0.25, 0.3) is 0 Å². The molecule has 3 aromatic heterocycles. The van der Waals surface area contributed by atoms with Crippen LogP contribution in [0.3, 0.4) is 0 Å². The van der Waals surface area contributed by atoms with Crippen LogP contribution in [0.1, 0.15) is 24.6 Å². The van der Waals surface area contributed by atoms with Crippen molar-refractivity contribution in [2.24, 2.45) is 0 Å². The molecule has 0 radical (unpaired) electrons. The van der Waals surface area contributed by atoms with E-state index in [-0.39, 0.29) is 6.04 Å². The number of thiazole rings is 1. The lowest BCUT2D eigenvalue weighted by Crippen LogP contribution is -2.25. The highest BCUT2D eigenvalue weighted by atomic mass is 32.1. The molecule has 6 nitrogen and oxygen atoms in total. The average molecular weight is 324 g/mol. The first-order chi connectivity index (χ1) is 11.4. The molecule has 23 heavy (non-hydrogen) atoms. The van der Waals surface area contributed by atoms with Gasteiger partial charge in [-0.2, -0.15) is 0 Å². The van der Waals surface area contributed by atoms with Gasteiger partial charge in [0.15, 0.2) is 5.13 Å². The second kappa shape index (κ2) is 6.29. The monoisotopic (exact) mass is 324 g/mol. The largest absolute Gasteiger partial charge is 0.332 e. The second-order valence-corrected chi connectivity index (χ2v) is 6.20. The van der Waals surface area contributed by atoms with Gasteiger partial charge in [0.1, 0.15) is 5.82 Å². The van der Waals surface area contributed by atoms with Crippen LogP contribution in [0.4, 0.5) is 16.9 Å². The normalized spacial score (nSPS) is 17.4. The molecule has 1 aliphatic rings. The fraction of sp³-hybridized carbons (Fsp3) is 0.250. The van der Waals surface area contributed by atoms with Gasteiger partial charge in [-0.1, -0.05) is 6.07 Å². The highest BCUT2D eigenvalue weighted by Gasteiger charge is 2.29. The number of rotatable bonds is 4. The zero-order valence-electron chi connectivity index (χ0n) is 12.5. The zero-order valence-corrected chi connectivity index (χ0v) is 13.3. The van der Waals surface area contributed by atoms with Gasteiger partial charge in [0, 0.05) is 30.5 Å². The summed E-state index contributed by atoms with van der Waals surface area (Å²) in [6, 6.07) is 8.12. The van der Waals surface area contributed by atoms with Gasteiger partial charge in [-0.05, 0) is 31.0 Å². The summed E-state index contributed by atoms with van der Waals surface area (Å²) in [4.78, 5) is 20.0. The summed E-state index contributed by atoms with van der Waals surface area (Å²) < 4.78 is 0. The topological polar surface area (TPSA) is 66.8 Å². The number of hydrogen-bond acceptors (Lipinski definition) is 7. The van der Waals surface area contributed by atoms with Crippen molar-refractivity contribution in [1.82, 2.24) is 19.9 Å². The van der Waals surface area contributed by atoms with Crippen molar-refractivity contribution >= 4 is 28.2 Å². The van der Waals surface area contributed by atoms with Crippen LogP contribution in [-0.2, 0) is 0 Å². The van der Waals surface area contributed by atoms with Crippen LogP contribution in [0, 0.1) is 0 Å². The minimum Gasteiger partial charge on any atom is -0.332 e. The van der Waals surface area contributed by atoms with Gasteiger partial charge in [-0.3, -0.25) is 0 Å². The van der Waals surface area contributed by atoms with E-state index in [1.807, 2.05) is 23.6 Å². The first kappa shape index (κ1) is 14.1. The summed E-state index contributed by atoms with van der Waals surface area (Å²) in [6.07, 6.45) is 7.53. The highest BCUT2D eigenvalue weighted by Crippen LogP contribution is 2.33. The Labute approximate surface area is 138 Å². The standard InChI is InChI=1S/C16H16N6S/c1-4-12(20-14(6-1)21-16-19-9-11-23-16)13-5-2-10-22(13)15-17-7-3-8-18-15/h1,3-4,6-9,11,13H,2,5,10H2,(H,19,20,21)/t13-/m1/s1. The maximum Gasteiger partial charge on any atom is 0.225 e. The Morgan fingerprint density at radius 2 is 2.00 bits per heavy atom. The van der Waals surface area contributed by atoms with E-state index in [4.69, 9.17) is 4.98 Å². The molecule has 0 aromatic carbocycles. The van der Waals surface area contributed by atoms with Gasteiger partial charge in [-0.25, -0.2) is 19.9 Å². The van der Waals surface area contributed by atoms with Crippen LogP contribution in [0.25, 0.3) is 0 Å². The molecular formula is C16H16N6S. The summed E-state index contributed by atoms with van der Waals surface area (Å²) in [6.45, 7) is 0.959. The smallest absolute Gasteiger partial charge is 0.225 e. The molecule has 1 N–H and O–H groups in total. The van der Waals surface area contributed by atoms with Crippen molar-refractivity contribution in [1.29, 1.82) is 0 Å². The lowest BCUT2D eigenvalue weighted by molar-refractivity contribution is 0.680. The maximum absolute atomic E-state index is 4.76. The molecule has 4 heterocycles. The molecule has 0 aliphatic carbocycles. The zero-order chi connectivity index (χ0) is 15.5. The molecule has 0 saturated carbocycles. The predicted octanol–water partition coefficient (Wildman–Crippen LogP) is 3.41. The third-order valence-corrected chi connectivity index (χ3v) is 4.53. The van der Waals surface area contributed by atoms with E-state index in [9.17, 15) is 0 Å². The van der Waals surface area contributed by atoms with E-state index >= 15 is 0 Å². The van der Waals surface area contributed by atoms with Crippen LogP contribution in [0.2, 0.25) is 0 Å². The first-order valence-electron chi connectivity index (χ1n) is 7.57. The average Bonchev–Trinajstić information content (AvgIpc) is 3.27. The Morgan fingerprint density at radius 1 is 1.09 bits per heavy atom. The molecule has 1 aliphatic heterocycles. The lowest BCUT2D eigenvalue weighted by Gasteiger charge is -2.24. The van der Waals surface area contributed by atoms with Crippen molar-refractivity contribution in [2.75, 3.05) is 16.8 Å². The summed E-state index contributed by atoms with van der Waals surface area (Å²) in [7, 11) is 0. The molecule has 1 fully saturated rings. The minimum atomic E-state index is 0.218. The number of hydrogen-bond donors (Lipinski definition) is 1. The molecule has 0 bridgehead atoms. The molecular weight excluding hydrogens is 308 g/mol. The van der Waals surface area contributed by atoms with E-state index in [0.717, 1.165) is 42.0 Å². The Hall–Kier alpha value is -2.54. The highest BCUT2D eigenvalue weighted by molar-refractivity contribution is 7.13. The lowest BCUT2D eigenvalue weighted by atomic mass is 10.1. The third kappa shape index (κ3) is 3.00. The van der Waals surface area contributed by atoms with Crippen molar-refractivity contribution in [3.63, 3.8) is 0 Å². The van der Waals surface area contributed by atoms with Crippen LogP contribution in [0.15, 0.2) is 48.2 Å². The van der Waals surface area contributed by atoms with E-state index in [1.54, 1.807) is 29.9 Å². The number of aromatic nitrogens is 4. The Morgan fingerprint density at radius 3 is 2.83 bits per heavy atom. The van der Waals surface area contributed by atoms with Gasteiger partial charge in [-0.15, -0.1) is 11.3 Å². The quantitative estimate of drug-likeness (QED) is 0.793. The molecule has 7 heteroatoms. The van der Waals surface area contributed by atoms with Crippen LogP contribution >= 0.6 is 11.3 Å². The van der Waals surface area contributed by atoms with Gasteiger partial charge >= 0.3 is 0 Å². The Balaban J connectivity index is 1.59. The van der Waals surface area contributed by atoms with Gasteiger partial charge in [0.2, 0.25) is 5.95 Å². The fourth-order valence-electron chi connectivity index (χ4n) is 2.85. The molecule has 3 aromatic rings. The second-order valence-electron chi connectivity index (χ2n) is 5.31. The molecule has 4 rings (SSSR count). The predicted molar refractivity (Wildman–Crippen MR) is 91.0 cm³/mol. The van der Waals surface area contributed by atoms with Crippen LogP contribution in [-0.4, -0.2) is 26.5 Å².